The Morgan fingerprint density at radius 2 is 1.03 bits per heavy atom. The summed E-state index contributed by atoms with van der Waals surface area (Å²) in [7, 11) is 0. The van der Waals surface area contributed by atoms with Gasteiger partial charge in [0.2, 0.25) is 0 Å². The number of para-hydroxylation sites is 4. The molecule has 0 saturated carbocycles. The van der Waals surface area contributed by atoms with Crippen molar-refractivity contribution in [3.05, 3.63) is 265 Å². The molecule has 64 heavy (non-hydrogen) atoms. The van der Waals surface area contributed by atoms with Gasteiger partial charge in [0.1, 0.15) is 11.2 Å². The number of anilines is 6. The third-order valence-corrected chi connectivity index (χ3v) is 13.4. The van der Waals surface area contributed by atoms with Crippen molar-refractivity contribution in [1.82, 2.24) is 0 Å². The van der Waals surface area contributed by atoms with Crippen LogP contribution in [-0.4, -0.2) is 0 Å². The largest absolute Gasteiger partial charge is 0.456 e. The maximum Gasteiger partial charge on any atom is 0.137 e. The van der Waals surface area contributed by atoms with E-state index in [2.05, 4.69) is 240 Å². The van der Waals surface area contributed by atoms with Crippen LogP contribution in [0, 0.1) is 0 Å². The average Bonchev–Trinajstić information content (AvgIpc) is 3.91. The molecule has 0 bridgehead atoms. The minimum atomic E-state index is -0.583. The van der Waals surface area contributed by atoms with Gasteiger partial charge in [-0.25, -0.2) is 0 Å². The first-order valence-corrected chi connectivity index (χ1v) is 22.0. The number of fused-ring (bicyclic) bond motifs is 8. The Bertz CT molecular complexity index is 3540. The van der Waals surface area contributed by atoms with Crippen molar-refractivity contribution in [2.75, 3.05) is 9.80 Å². The van der Waals surface area contributed by atoms with Crippen molar-refractivity contribution in [1.29, 1.82) is 0 Å². The van der Waals surface area contributed by atoms with Crippen LogP contribution in [0.5, 0.6) is 0 Å². The molecule has 10 aromatic carbocycles. The third kappa shape index (κ3) is 5.28. The van der Waals surface area contributed by atoms with E-state index in [-0.39, 0.29) is 0 Å². The summed E-state index contributed by atoms with van der Waals surface area (Å²) in [5.41, 5.74) is 20.4. The van der Waals surface area contributed by atoms with E-state index in [1.54, 1.807) is 0 Å². The molecule has 1 unspecified atom stereocenters. The SMILES string of the molecule is c1ccc(-c2ccc3c4c2-c2ccc(-c5ccc(N(c6ccccc6)c6cccc7oc8ccccc8c67)cc5)cc2C4(c2ccccc2)c2ccccc2N3c2ccccc2)cc1. The van der Waals surface area contributed by atoms with Crippen molar-refractivity contribution in [2.45, 2.75) is 5.41 Å². The minimum Gasteiger partial charge on any atom is -0.456 e. The second-order valence-electron chi connectivity index (χ2n) is 16.8. The van der Waals surface area contributed by atoms with Gasteiger partial charge in [0.25, 0.3) is 0 Å². The highest BCUT2D eigenvalue weighted by atomic mass is 16.3. The molecule has 0 N–H and O–H groups in total. The summed E-state index contributed by atoms with van der Waals surface area (Å²) in [6.45, 7) is 0. The van der Waals surface area contributed by atoms with Crippen LogP contribution in [0.3, 0.4) is 0 Å². The highest BCUT2D eigenvalue weighted by molar-refractivity contribution is 6.13. The number of benzene rings is 10. The molecular weight excluding hydrogens is 777 g/mol. The maximum atomic E-state index is 6.37. The molecule has 3 heteroatoms. The Labute approximate surface area is 372 Å². The Hall–Kier alpha value is -8.40. The second kappa shape index (κ2) is 14.3. The molecule has 0 fully saturated rings. The minimum absolute atomic E-state index is 0.583. The van der Waals surface area contributed by atoms with Crippen LogP contribution in [0.25, 0.3) is 55.3 Å². The van der Waals surface area contributed by atoms with Crippen LogP contribution >= 0.6 is 0 Å². The summed E-state index contributed by atoms with van der Waals surface area (Å²) in [4.78, 5) is 4.82. The number of nitrogens with zero attached hydrogens (tertiary/aromatic N) is 2. The topological polar surface area (TPSA) is 19.6 Å². The Morgan fingerprint density at radius 3 is 1.83 bits per heavy atom. The molecular formula is C61H40N2O. The molecule has 1 atom stereocenters. The second-order valence-corrected chi connectivity index (χ2v) is 16.8. The highest BCUT2D eigenvalue weighted by Crippen LogP contribution is 2.66. The van der Waals surface area contributed by atoms with Gasteiger partial charge in [-0.3, -0.25) is 0 Å². The number of hydrogen-bond donors (Lipinski definition) is 0. The molecule has 13 rings (SSSR count). The van der Waals surface area contributed by atoms with Gasteiger partial charge >= 0.3 is 0 Å². The smallest absolute Gasteiger partial charge is 0.137 e. The fourth-order valence-electron chi connectivity index (χ4n) is 10.8. The molecule has 0 saturated heterocycles. The molecule has 0 spiro atoms. The van der Waals surface area contributed by atoms with Crippen LogP contribution in [0.15, 0.2) is 247 Å². The van der Waals surface area contributed by atoms with Crippen LogP contribution in [-0.2, 0) is 5.41 Å². The van der Waals surface area contributed by atoms with Crippen molar-refractivity contribution in [2.24, 2.45) is 0 Å². The lowest BCUT2D eigenvalue weighted by atomic mass is 9.64. The summed E-state index contributed by atoms with van der Waals surface area (Å²) < 4.78 is 6.37. The normalized spacial score (nSPS) is 14.6. The van der Waals surface area contributed by atoms with Crippen molar-refractivity contribution < 1.29 is 4.42 Å². The third-order valence-electron chi connectivity index (χ3n) is 13.4. The van der Waals surface area contributed by atoms with Gasteiger partial charge in [0, 0.05) is 28.0 Å². The molecule has 11 aromatic rings. The molecule has 0 amide bonds. The molecule has 1 aliphatic carbocycles. The zero-order valence-corrected chi connectivity index (χ0v) is 34.9. The van der Waals surface area contributed by atoms with Gasteiger partial charge < -0.3 is 14.2 Å². The predicted molar refractivity (Wildman–Crippen MR) is 265 cm³/mol. The number of furan rings is 1. The highest BCUT2D eigenvalue weighted by Gasteiger charge is 2.53. The van der Waals surface area contributed by atoms with E-state index in [1.807, 2.05) is 12.1 Å². The lowest BCUT2D eigenvalue weighted by Crippen LogP contribution is -2.36. The molecule has 2 heterocycles. The zero-order valence-electron chi connectivity index (χ0n) is 34.9. The first-order chi connectivity index (χ1) is 31.8. The molecule has 2 aliphatic rings. The van der Waals surface area contributed by atoms with Crippen molar-refractivity contribution in [3.8, 4) is 33.4 Å². The first kappa shape index (κ1) is 36.3. The maximum absolute atomic E-state index is 6.37. The summed E-state index contributed by atoms with van der Waals surface area (Å²) >= 11 is 0. The van der Waals surface area contributed by atoms with Gasteiger partial charge in [0.05, 0.1) is 27.9 Å². The first-order valence-electron chi connectivity index (χ1n) is 22.0. The standard InChI is InChI=1S/C61H40N2O/c1-5-18-42(19-6-1)48-38-39-55-60-58(48)49-37-34-43(40-52(49)61(60,44-20-7-2-8-21-44)51-27-14-15-28-53(51)63(55)46-24-11-4-12-25-46)41-32-35-47(36-33-41)62(45-22-9-3-10-23-45)54-29-17-31-57-59(54)50-26-13-16-30-56(50)64-57/h1-40H. The summed E-state index contributed by atoms with van der Waals surface area (Å²) in [5, 5.41) is 2.20. The lowest BCUT2D eigenvalue weighted by molar-refractivity contribution is 0.669. The van der Waals surface area contributed by atoms with Gasteiger partial charge in [-0.1, -0.05) is 170 Å². The fourth-order valence-corrected chi connectivity index (χ4v) is 10.8. The Kier molecular flexibility index (Phi) is 8.13. The molecule has 300 valence electrons. The van der Waals surface area contributed by atoms with E-state index < -0.39 is 5.41 Å². The van der Waals surface area contributed by atoms with E-state index in [1.165, 1.54) is 61.4 Å². The van der Waals surface area contributed by atoms with Crippen molar-refractivity contribution >= 4 is 56.1 Å². The van der Waals surface area contributed by atoms with E-state index in [9.17, 15) is 0 Å². The quantitative estimate of drug-likeness (QED) is 0.160. The summed E-state index contributed by atoms with van der Waals surface area (Å²) in [6.07, 6.45) is 0. The van der Waals surface area contributed by atoms with Crippen LogP contribution in [0.2, 0.25) is 0 Å². The van der Waals surface area contributed by atoms with Crippen molar-refractivity contribution in [3.63, 3.8) is 0 Å². The Balaban J connectivity index is 1.03. The van der Waals surface area contributed by atoms with Gasteiger partial charge in [-0.15, -0.1) is 0 Å². The van der Waals surface area contributed by atoms with E-state index in [0.717, 1.165) is 50.3 Å². The molecule has 1 aliphatic heterocycles. The Morgan fingerprint density at radius 1 is 0.406 bits per heavy atom. The lowest BCUT2D eigenvalue weighted by Gasteiger charge is -2.45. The van der Waals surface area contributed by atoms with Crippen LogP contribution < -0.4 is 9.80 Å². The van der Waals surface area contributed by atoms with E-state index in [0.29, 0.717) is 0 Å². The number of hydrogen-bond acceptors (Lipinski definition) is 3. The molecule has 3 nitrogen and oxygen atoms in total. The van der Waals surface area contributed by atoms with Gasteiger partial charge in [0.15, 0.2) is 0 Å². The van der Waals surface area contributed by atoms with E-state index in [4.69, 9.17) is 4.42 Å². The van der Waals surface area contributed by atoms with Gasteiger partial charge in [-0.05, 0) is 123 Å². The number of rotatable bonds is 7. The predicted octanol–water partition coefficient (Wildman–Crippen LogP) is 16.5. The monoisotopic (exact) mass is 816 g/mol. The van der Waals surface area contributed by atoms with Gasteiger partial charge in [-0.2, -0.15) is 0 Å². The molecule has 1 aromatic heterocycles. The average molecular weight is 817 g/mol. The van der Waals surface area contributed by atoms with Crippen LogP contribution in [0.4, 0.5) is 34.1 Å². The van der Waals surface area contributed by atoms with Crippen LogP contribution in [0.1, 0.15) is 22.3 Å². The summed E-state index contributed by atoms with van der Waals surface area (Å²) in [5.74, 6) is 0. The van der Waals surface area contributed by atoms with E-state index >= 15 is 0 Å². The fraction of sp³-hybridized carbons (Fsp3) is 0.0164. The molecule has 0 radical (unpaired) electrons. The zero-order chi connectivity index (χ0) is 42.2. The summed E-state index contributed by atoms with van der Waals surface area (Å²) in [6, 6.07) is 88.3.